The highest BCUT2D eigenvalue weighted by Crippen LogP contribution is 2.20. The number of benzene rings is 1. The van der Waals surface area contributed by atoms with Crippen molar-refractivity contribution in [2.75, 3.05) is 11.1 Å². The van der Waals surface area contributed by atoms with E-state index in [1.807, 2.05) is 12.1 Å². The van der Waals surface area contributed by atoms with Crippen LogP contribution in [0.2, 0.25) is 0 Å². The molecule has 0 radical (unpaired) electrons. The first-order chi connectivity index (χ1) is 7.25. The zero-order valence-corrected chi connectivity index (χ0v) is 9.47. The van der Waals surface area contributed by atoms with Gasteiger partial charge in [-0.1, -0.05) is 6.07 Å². The van der Waals surface area contributed by atoms with E-state index < -0.39 is 0 Å². The number of rotatable bonds is 3. The second kappa shape index (κ2) is 4.36. The summed E-state index contributed by atoms with van der Waals surface area (Å²) >= 11 is 1.71. The van der Waals surface area contributed by atoms with E-state index in [9.17, 15) is 0 Å². The van der Waals surface area contributed by atoms with Crippen molar-refractivity contribution in [3.05, 3.63) is 46.2 Å². The molecule has 0 aliphatic heterocycles. The number of aryl methyl sites for hydroxylation is 1. The molecule has 2 rings (SSSR count). The smallest absolute Gasteiger partial charge is 0.0579 e. The molecular weight excluding hydrogens is 204 g/mol. The molecule has 0 bridgehead atoms. The Kier molecular flexibility index (Phi) is 2.92. The molecule has 0 fully saturated rings. The van der Waals surface area contributed by atoms with Crippen molar-refractivity contribution in [3.8, 4) is 0 Å². The van der Waals surface area contributed by atoms with Crippen LogP contribution in [0.1, 0.15) is 11.1 Å². The molecule has 0 unspecified atom stereocenters. The third kappa shape index (κ3) is 2.50. The standard InChI is InChI=1S/C12H14N2S/c1-9-2-3-11(13)12(6-9)14-7-10-4-5-15-8-10/h2-6,8,14H,7,13H2,1H3. The normalized spacial score (nSPS) is 10.2. The summed E-state index contributed by atoms with van der Waals surface area (Å²) in [6.45, 7) is 2.90. The molecule has 0 saturated heterocycles. The van der Waals surface area contributed by atoms with Crippen molar-refractivity contribution in [2.45, 2.75) is 13.5 Å². The second-order valence-electron chi connectivity index (χ2n) is 3.58. The molecule has 3 N–H and O–H groups in total. The summed E-state index contributed by atoms with van der Waals surface area (Å²) < 4.78 is 0. The van der Waals surface area contributed by atoms with Gasteiger partial charge in [0.15, 0.2) is 0 Å². The molecule has 1 aromatic heterocycles. The van der Waals surface area contributed by atoms with E-state index in [-0.39, 0.29) is 0 Å². The van der Waals surface area contributed by atoms with Crippen molar-refractivity contribution >= 4 is 22.7 Å². The summed E-state index contributed by atoms with van der Waals surface area (Å²) in [6, 6.07) is 8.14. The fourth-order valence-corrected chi connectivity index (χ4v) is 2.08. The third-order valence-electron chi connectivity index (χ3n) is 2.27. The number of nitrogen functional groups attached to an aromatic ring is 1. The maximum absolute atomic E-state index is 5.87. The zero-order chi connectivity index (χ0) is 10.7. The van der Waals surface area contributed by atoms with Crippen LogP contribution in [-0.4, -0.2) is 0 Å². The number of hydrogen-bond donors (Lipinski definition) is 2. The van der Waals surface area contributed by atoms with Gasteiger partial charge < -0.3 is 11.1 Å². The fraction of sp³-hybridized carbons (Fsp3) is 0.167. The Morgan fingerprint density at radius 2 is 2.20 bits per heavy atom. The summed E-state index contributed by atoms with van der Waals surface area (Å²) in [4.78, 5) is 0. The van der Waals surface area contributed by atoms with E-state index in [1.54, 1.807) is 11.3 Å². The Morgan fingerprint density at radius 3 is 2.93 bits per heavy atom. The predicted molar refractivity (Wildman–Crippen MR) is 67.2 cm³/mol. The van der Waals surface area contributed by atoms with E-state index in [1.165, 1.54) is 11.1 Å². The zero-order valence-electron chi connectivity index (χ0n) is 8.66. The van der Waals surface area contributed by atoms with Gasteiger partial charge in [-0.2, -0.15) is 11.3 Å². The minimum absolute atomic E-state index is 0.802. The van der Waals surface area contributed by atoms with Gasteiger partial charge in [-0.15, -0.1) is 0 Å². The fourth-order valence-electron chi connectivity index (χ4n) is 1.41. The van der Waals surface area contributed by atoms with Crippen LogP contribution in [0.3, 0.4) is 0 Å². The van der Waals surface area contributed by atoms with Gasteiger partial charge in [0, 0.05) is 6.54 Å². The molecule has 1 heterocycles. The van der Waals surface area contributed by atoms with Crippen LogP contribution < -0.4 is 11.1 Å². The Bertz CT molecular complexity index is 435. The molecule has 0 aliphatic rings. The van der Waals surface area contributed by atoms with E-state index in [4.69, 9.17) is 5.73 Å². The molecule has 78 valence electrons. The first-order valence-corrected chi connectivity index (χ1v) is 5.81. The molecule has 0 amide bonds. The maximum atomic E-state index is 5.87. The third-order valence-corrected chi connectivity index (χ3v) is 3.00. The molecule has 3 heteroatoms. The number of hydrogen-bond acceptors (Lipinski definition) is 3. The largest absolute Gasteiger partial charge is 0.397 e. The maximum Gasteiger partial charge on any atom is 0.0579 e. The van der Waals surface area contributed by atoms with E-state index in [0.29, 0.717) is 0 Å². The first-order valence-electron chi connectivity index (χ1n) is 4.87. The predicted octanol–water partition coefficient (Wildman–Crippen LogP) is 3.25. The van der Waals surface area contributed by atoms with Gasteiger partial charge in [0.05, 0.1) is 11.4 Å². The molecule has 0 atom stereocenters. The van der Waals surface area contributed by atoms with Crippen molar-refractivity contribution in [1.82, 2.24) is 0 Å². The molecule has 0 saturated carbocycles. The minimum atomic E-state index is 0.802. The van der Waals surface area contributed by atoms with Gasteiger partial charge in [-0.25, -0.2) is 0 Å². The number of nitrogens with one attached hydrogen (secondary N) is 1. The van der Waals surface area contributed by atoms with Gasteiger partial charge in [-0.05, 0) is 47.0 Å². The monoisotopic (exact) mass is 218 g/mol. The molecule has 2 aromatic rings. The van der Waals surface area contributed by atoms with Crippen molar-refractivity contribution in [3.63, 3.8) is 0 Å². The molecule has 15 heavy (non-hydrogen) atoms. The Morgan fingerprint density at radius 1 is 1.33 bits per heavy atom. The summed E-state index contributed by atoms with van der Waals surface area (Å²) in [5, 5.41) is 7.56. The molecule has 2 nitrogen and oxygen atoms in total. The van der Waals surface area contributed by atoms with Crippen molar-refractivity contribution in [2.24, 2.45) is 0 Å². The average Bonchev–Trinajstić information content (AvgIpc) is 2.72. The lowest BCUT2D eigenvalue weighted by molar-refractivity contribution is 1.16. The van der Waals surface area contributed by atoms with Gasteiger partial charge in [0.1, 0.15) is 0 Å². The topological polar surface area (TPSA) is 38.0 Å². The number of anilines is 2. The van der Waals surface area contributed by atoms with Gasteiger partial charge >= 0.3 is 0 Å². The summed E-state index contributed by atoms with van der Waals surface area (Å²) in [5.74, 6) is 0. The van der Waals surface area contributed by atoms with Crippen LogP contribution >= 0.6 is 11.3 Å². The van der Waals surface area contributed by atoms with Crippen LogP contribution in [0.15, 0.2) is 35.0 Å². The van der Waals surface area contributed by atoms with Crippen LogP contribution in [0, 0.1) is 6.92 Å². The summed E-state index contributed by atoms with van der Waals surface area (Å²) in [6.07, 6.45) is 0. The Balaban J connectivity index is 2.07. The minimum Gasteiger partial charge on any atom is -0.397 e. The molecule has 0 aliphatic carbocycles. The lowest BCUT2D eigenvalue weighted by atomic mass is 10.2. The second-order valence-corrected chi connectivity index (χ2v) is 4.36. The van der Waals surface area contributed by atoms with Crippen molar-refractivity contribution < 1.29 is 0 Å². The van der Waals surface area contributed by atoms with Crippen LogP contribution in [0.4, 0.5) is 11.4 Å². The molecular formula is C12H14N2S. The lowest BCUT2D eigenvalue weighted by Gasteiger charge is -2.09. The average molecular weight is 218 g/mol. The number of nitrogens with two attached hydrogens (primary N) is 1. The van der Waals surface area contributed by atoms with Crippen LogP contribution in [0.5, 0.6) is 0 Å². The highest BCUT2D eigenvalue weighted by atomic mass is 32.1. The number of thiophene rings is 1. The molecule has 1 aromatic carbocycles. The van der Waals surface area contributed by atoms with Gasteiger partial charge in [0.2, 0.25) is 0 Å². The van der Waals surface area contributed by atoms with Crippen LogP contribution in [-0.2, 0) is 6.54 Å². The quantitative estimate of drug-likeness (QED) is 0.776. The van der Waals surface area contributed by atoms with Crippen molar-refractivity contribution in [1.29, 1.82) is 0 Å². The molecule has 0 spiro atoms. The van der Waals surface area contributed by atoms with Gasteiger partial charge in [0.25, 0.3) is 0 Å². The Hall–Kier alpha value is -1.48. The summed E-state index contributed by atoms with van der Waals surface area (Å²) in [7, 11) is 0. The Labute approximate surface area is 93.7 Å². The SMILES string of the molecule is Cc1ccc(N)c(NCc2ccsc2)c1. The summed E-state index contributed by atoms with van der Waals surface area (Å²) in [5.41, 5.74) is 10.2. The van der Waals surface area contributed by atoms with E-state index in [2.05, 4.69) is 35.1 Å². The first kappa shape index (κ1) is 10.1. The van der Waals surface area contributed by atoms with Gasteiger partial charge in [-0.3, -0.25) is 0 Å². The van der Waals surface area contributed by atoms with E-state index in [0.717, 1.165) is 17.9 Å². The highest BCUT2D eigenvalue weighted by molar-refractivity contribution is 7.07. The lowest BCUT2D eigenvalue weighted by Crippen LogP contribution is -2.01. The highest BCUT2D eigenvalue weighted by Gasteiger charge is 1.99. The van der Waals surface area contributed by atoms with Crippen LogP contribution in [0.25, 0.3) is 0 Å². The van der Waals surface area contributed by atoms with E-state index >= 15 is 0 Å².